The van der Waals surface area contributed by atoms with Crippen LogP contribution in [0, 0.1) is 17.1 Å². The van der Waals surface area contributed by atoms with Crippen LogP contribution >= 0.6 is 11.6 Å². The van der Waals surface area contributed by atoms with Gasteiger partial charge in [0, 0.05) is 10.6 Å². The van der Waals surface area contributed by atoms with Crippen LogP contribution in [0.15, 0.2) is 42.9 Å². The van der Waals surface area contributed by atoms with E-state index in [-0.39, 0.29) is 0 Å². The second-order valence-electron chi connectivity index (χ2n) is 3.35. The van der Waals surface area contributed by atoms with Gasteiger partial charge in [-0.2, -0.15) is 5.26 Å². The second-order valence-corrected chi connectivity index (χ2v) is 3.75. The molecule has 0 N–H and O–H groups in total. The van der Waals surface area contributed by atoms with E-state index >= 15 is 0 Å². The highest BCUT2D eigenvalue weighted by atomic mass is 35.5. The highest BCUT2D eigenvalue weighted by Crippen LogP contribution is 2.34. The molecule has 0 saturated heterocycles. The van der Waals surface area contributed by atoms with Gasteiger partial charge in [0.05, 0.1) is 18.6 Å². The minimum atomic E-state index is -1.06. The lowest BCUT2D eigenvalue weighted by Gasteiger charge is -2.22. The molecule has 1 aliphatic heterocycles. The third-order valence-corrected chi connectivity index (χ3v) is 2.71. The predicted molar refractivity (Wildman–Crippen MR) is 58.1 cm³/mol. The summed E-state index contributed by atoms with van der Waals surface area (Å²) in [5, 5.41) is 9.57. The molecule has 1 aromatic carbocycles. The molecule has 0 saturated carbocycles. The predicted octanol–water partition coefficient (Wildman–Crippen LogP) is 3.30. The fourth-order valence-electron chi connectivity index (χ4n) is 1.52. The van der Waals surface area contributed by atoms with Crippen LogP contribution < -0.4 is 0 Å². The minimum absolute atomic E-state index is 0.346. The Morgan fingerprint density at radius 1 is 1.31 bits per heavy atom. The van der Waals surface area contributed by atoms with Crippen molar-refractivity contribution in [3.8, 4) is 6.07 Å². The van der Waals surface area contributed by atoms with Crippen LogP contribution in [0.5, 0.6) is 0 Å². The molecule has 0 unspecified atom stereocenters. The number of nitrogens with zero attached hydrogens (tertiary/aromatic N) is 1. The second kappa shape index (κ2) is 3.99. The molecule has 1 aliphatic rings. The fourth-order valence-corrected chi connectivity index (χ4v) is 1.80. The largest absolute Gasteiger partial charge is 0.473 e. The normalized spacial score (nSPS) is 16.6. The lowest BCUT2D eigenvalue weighted by molar-refractivity contribution is 0.384. The SMILES string of the molecule is N#CC1(c2cc(F)ccc2Cl)C=COC=C1. The first kappa shape index (κ1) is 10.7. The zero-order valence-corrected chi connectivity index (χ0v) is 8.91. The Morgan fingerprint density at radius 3 is 2.62 bits per heavy atom. The van der Waals surface area contributed by atoms with Crippen LogP contribution in [0.3, 0.4) is 0 Å². The molecular weight excluding hydrogens is 229 g/mol. The van der Waals surface area contributed by atoms with Gasteiger partial charge in [-0.05, 0) is 30.4 Å². The highest BCUT2D eigenvalue weighted by Gasteiger charge is 2.31. The lowest BCUT2D eigenvalue weighted by Crippen LogP contribution is -2.20. The molecule has 0 radical (unpaired) electrons. The van der Waals surface area contributed by atoms with Crippen molar-refractivity contribution in [2.45, 2.75) is 5.41 Å². The minimum Gasteiger partial charge on any atom is -0.473 e. The van der Waals surface area contributed by atoms with Gasteiger partial charge in [0.1, 0.15) is 11.2 Å². The lowest BCUT2D eigenvalue weighted by atomic mass is 9.81. The van der Waals surface area contributed by atoms with E-state index in [1.54, 1.807) is 0 Å². The fraction of sp³-hybridized carbons (Fsp3) is 0.0833. The molecule has 2 nitrogen and oxygen atoms in total. The summed E-state index contributed by atoms with van der Waals surface area (Å²) in [5.41, 5.74) is -0.648. The first-order valence-electron chi connectivity index (χ1n) is 4.56. The molecule has 1 aromatic rings. The monoisotopic (exact) mass is 235 g/mol. The molecule has 0 spiro atoms. The molecule has 1 heterocycles. The standard InChI is InChI=1S/C12H7ClFNO/c13-11-2-1-9(14)7-10(11)12(8-15)3-5-16-6-4-12/h1-7H. The van der Waals surface area contributed by atoms with E-state index in [0.29, 0.717) is 10.6 Å². The maximum atomic E-state index is 13.2. The van der Waals surface area contributed by atoms with Gasteiger partial charge in [-0.15, -0.1) is 0 Å². The van der Waals surface area contributed by atoms with Crippen molar-refractivity contribution in [2.75, 3.05) is 0 Å². The number of ether oxygens (including phenoxy) is 1. The van der Waals surface area contributed by atoms with Gasteiger partial charge < -0.3 is 4.74 Å². The molecule has 0 bridgehead atoms. The summed E-state index contributed by atoms with van der Waals surface area (Å²) in [6.07, 6.45) is 5.83. The quantitative estimate of drug-likeness (QED) is 0.748. The van der Waals surface area contributed by atoms with Gasteiger partial charge in [0.25, 0.3) is 0 Å². The number of hydrogen-bond donors (Lipinski definition) is 0. The molecular formula is C12H7ClFNO. The smallest absolute Gasteiger partial charge is 0.126 e. The zero-order chi connectivity index (χ0) is 11.6. The molecule has 0 aliphatic carbocycles. The van der Waals surface area contributed by atoms with Crippen molar-refractivity contribution in [3.05, 3.63) is 59.3 Å². The van der Waals surface area contributed by atoms with Crippen LogP contribution in [0.4, 0.5) is 4.39 Å². The average Bonchev–Trinajstić information content (AvgIpc) is 2.33. The van der Waals surface area contributed by atoms with Gasteiger partial charge in [-0.3, -0.25) is 0 Å². The van der Waals surface area contributed by atoms with E-state index in [2.05, 4.69) is 6.07 Å². The summed E-state index contributed by atoms with van der Waals surface area (Å²) in [4.78, 5) is 0. The molecule has 80 valence electrons. The van der Waals surface area contributed by atoms with Crippen LogP contribution in [0.25, 0.3) is 0 Å². The summed E-state index contributed by atoms with van der Waals surface area (Å²) in [6.45, 7) is 0. The Balaban J connectivity index is 2.61. The van der Waals surface area contributed by atoms with E-state index in [1.807, 2.05) is 0 Å². The third kappa shape index (κ3) is 1.68. The number of benzene rings is 1. The van der Waals surface area contributed by atoms with Crippen LogP contribution in [0.2, 0.25) is 5.02 Å². The van der Waals surface area contributed by atoms with E-state index < -0.39 is 11.2 Å². The van der Waals surface area contributed by atoms with Crippen molar-refractivity contribution < 1.29 is 9.13 Å². The Labute approximate surface area is 97.2 Å². The van der Waals surface area contributed by atoms with Gasteiger partial charge >= 0.3 is 0 Å². The molecule has 16 heavy (non-hydrogen) atoms. The van der Waals surface area contributed by atoms with E-state index in [0.717, 1.165) is 0 Å². The Hall–Kier alpha value is -1.79. The van der Waals surface area contributed by atoms with Crippen molar-refractivity contribution in [1.82, 2.24) is 0 Å². The van der Waals surface area contributed by atoms with E-state index in [4.69, 9.17) is 16.3 Å². The molecule has 4 heteroatoms. The Morgan fingerprint density at radius 2 is 2.00 bits per heavy atom. The first-order valence-corrected chi connectivity index (χ1v) is 4.93. The number of halogens is 2. The Kier molecular flexibility index (Phi) is 2.67. The summed E-state index contributed by atoms with van der Waals surface area (Å²) >= 11 is 5.97. The molecule has 0 atom stereocenters. The summed E-state index contributed by atoms with van der Waals surface area (Å²) in [7, 11) is 0. The van der Waals surface area contributed by atoms with Crippen molar-refractivity contribution in [2.24, 2.45) is 0 Å². The molecule has 2 rings (SSSR count). The maximum Gasteiger partial charge on any atom is 0.126 e. The van der Waals surface area contributed by atoms with Crippen LogP contribution in [0.1, 0.15) is 5.56 Å². The summed E-state index contributed by atoms with van der Waals surface area (Å²) < 4.78 is 18.0. The van der Waals surface area contributed by atoms with Crippen LogP contribution in [-0.4, -0.2) is 0 Å². The van der Waals surface area contributed by atoms with Gasteiger partial charge in [0.15, 0.2) is 0 Å². The van der Waals surface area contributed by atoms with Crippen molar-refractivity contribution in [1.29, 1.82) is 5.26 Å². The number of allylic oxidation sites excluding steroid dienone is 2. The summed E-state index contributed by atoms with van der Waals surface area (Å²) in [6, 6.07) is 6.04. The van der Waals surface area contributed by atoms with E-state index in [9.17, 15) is 9.65 Å². The number of nitriles is 1. The van der Waals surface area contributed by atoms with Gasteiger partial charge in [0.2, 0.25) is 0 Å². The van der Waals surface area contributed by atoms with Crippen molar-refractivity contribution in [3.63, 3.8) is 0 Å². The molecule has 0 amide bonds. The number of rotatable bonds is 1. The third-order valence-electron chi connectivity index (χ3n) is 2.38. The molecule has 0 fully saturated rings. The number of hydrogen-bond acceptors (Lipinski definition) is 2. The topological polar surface area (TPSA) is 33.0 Å². The molecule has 0 aromatic heterocycles. The van der Waals surface area contributed by atoms with Gasteiger partial charge in [-0.25, -0.2) is 4.39 Å². The maximum absolute atomic E-state index is 13.2. The van der Waals surface area contributed by atoms with Crippen LogP contribution in [-0.2, 0) is 10.2 Å². The Bertz CT molecular complexity index is 504. The summed E-state index contributed by atoms with van der Waals surface area (Å²) in [5.74, 6) is -0.428. The van der Waals surface area contributed by atoms with Gasteiger partial charge in [-0.1, -0.05) is 11.6 Å². The highest BCUT2D eigenvalue weighted by molar-refractivity contribution is 6.31. The van der Waals surface area contributed by atoms with E-state index in [1.165, 1.54) is 42.9 Å². The van der Waals surface area contributed by atoms with Crippen molar-refractivity contribution >= 4 is 11.6 Å². The zero-order valence-electron chi connectivity index (χ0n) is 8.15. The average molecular weight is 236 g/mol. The first-order chi connectivity index (χ1) is 7.68.